The van der Waals surface area contributed by atoms with Crippen LogP contribution in [0.2, 0.25) is 0 Å². The molecule has 2 fully saturated rings. The number of hydrogen-bond acceptors (Lipinski definition) is 6. The summed E-state index contributed by atoms with van der Waals surface area (Å²) in [5.74, 6) is 1.95. The summed E-state index contributed by atoms with van der Waals surface area (Å²) in [5, 5.41) is 3.01. The van der Waals surface area contributed by atoms with Crippen LogP contribution in [-0.4, -0.2) is 70.7 Å². The second-order valence-electron chi connectivity index (χ2n) is 7.01. The minimum Gasteiger partial charge on any atom is -0.493 e. The van der Waals surface area contributed by atoms with Crippen LogP contribution in [0.3, 0.4) is 0 Å². The third-order valence-electron chi connectivity index (χ3n) is 5.22. The molecule has 150 valence electrons. The van der Waals surface area contributed by atoms with Crippen molar-refractivity contribution in [1.29, 1.82) is 0 Å². The molecule has 2 heterocycles. The van der Waals surface area contributed by atoms with Gasteiger partial charge in [-0.15, -0.1) is 0 Å². The molecule has 0 spiro atoms. The van der Waals surface area contributed by atoms with E-state index in [0.29, 0.717) is 43.7 Å². The molecule has 1 N–H and O–H groups in total. The number of methoxy groups -OCH3 is 2. The fourth-order valence-electron chi connectivity index (χ4n) is 3.67. The van der Waals surface area contributed by atoms with E-state index in [-0.39, 0.29) is 12.2 Å². The predicted octanol–water partition coefficient (Wildman–Crippen LogP) is 1.45. The number of rotatable bonds is 8. The highest BCUT2D eigenvalue weighted by Gasteiger charge is 2.30. The van der Waals surface area contributed by atoms with E-state index >= 15 is 0 Å². The number of ether oxygens (including phenoxy) is 4. The van der Waals surface area contributed by atoms with Crippen molar-refractivity contribution < 1.29 is 23.7 Å². The number of amides is 1. The average molecular weight is 378 g/mol. The first-order valence-electron chi connectivity index (χ1n) is 9.62. The van der Waals surface area contributed by atoms with Crippen LogP contribution in [0.15, 0.2) is 18.2 Å². The molecule has 2 aliphatic rings. The number of carbonyl (C=O) groups is 1. The zero-order chi connectivity index (χ0) is 19.1. The quantitative estimate of drug-likeness (QED) is 0.738. The van der Waals surface area contributed by atoms with Gasteiger partial charge in [0.2, 0.25) is 5.91 Å². The zero-order valence-corrected chi connectivity index (χ0v) is 16.2. The van der Waals surface area contributed by atoms with Crippen LogP contribution in [0.5, 0.6) is 11.5 Å². The normalized spacial score (nSPS) is 19.2. The maximum Gasteiger partial charge on any atom is 0.234 e. The lowest BCUT2D eigenvalue weighted by Gasteiger charge is -2.33. The number of nitrogens with zero attached hydrogens (tertiary/aromatic N) is 1. The number of carbonyl (C=O) groups excluding carboxylic acids is 1. The lowest BCUT2D eigenvalue weighted by atomic mass is 9.96. The summed E-state index contributed by atoms with van der Waals surface area (Å²) in [6, 6.07) is 5.83. The Morgan fingerprint density at radius 2 is 1.85 bits per heavy atom. The number of benzene rings is 1. The van der Waals surface area contributed by atoms with Crippen LogP contribution in [0.1, 0.15) is 18.4 Å². The van der Waals surface area contributed by atoms with Crippen LogP contribution in [0.25, 0.3) is 0 Å². The van der Waals surface area contributed by atoms with Gasteiger partial charge in [-0.3, -0.25) is 9.69 Å². The van der Waals surface area contributed by atoms with Gasteiger partial charge in [0, 0.05) is 12.5 Å². The Bertz CT molecular complexity index is 610. The third-order valence-corrected chi connectivity index (χ3v) is 5.22. The van der Waals surface area contributed by atoms with Crippen LogP contribution < -0.4 is 14.8 Å². The fraction of sp³-hybridized carbons (Fsp3) is 0.650. The highest BCUT2D eigenvalue weighted by molar-refractivity contribution is 5.78. The van der Waals surface area contributed by atoms with Crippen molar-refractivity contribution in [1.82, 2.24) is 10.2 Å². The van der Waals surface area contributed by atoms with E-state index in [4.69, 9.17) is 18.9 Å². The van der Waals surface area contributed by atoms with Crippen molar-refractivity contribution in [2.45, 2.75) is 25.6 Å². The summed E-state index contributed by atoms with van der Waals surface area (Å²) in [6.45, 7) is 4.29. The number of hydrogen-bond donors (Lipinski definition) is 1. The van der Waals surface area contributed by atoms with E-state index < -0.39 is 0 Å². The molecular weight excluding hydrogens is 348 g/mol. The minimum absolute atomic E-state index is 0.0394. The smallest absolute Gasteiger partial charge is 0.234 e. The zero-order valence-electron chi connectivity index (χ0n) is 16.2. The Labute approximate surface area is 160 Å². The van der Waals surface area contributed by atoms with Crippen molar-refractivity contribution in [3.05, 3.63) is 23.8 Å². The van der Waals surface area contributed by atoms with Crippen molar-refractivity contribution in [3.8, 4) is 11.5 Å². The highest BCUT2D eigenvalue weighted by atomic mass is 16.7. The molecule has 2 aliphatic heterocycles. The lowest BCUT2D eigenvalue weighted by molar-refractivity contribution is -0.123. The second kappa shape index (κ2) is 9.92. The molecule has 0 bridgehead atoms. The van der Waals surface area contributed by atoms with Crippen LogP contribution in [0, 0.1) is 5.92 Å². The van der Waals surface area contributed by atoms with E-state index in [0.717, 1.165) is 37.9 Å². The monoisotopic (exact) mass is 378 g/mol. The maximum absolute atomic E-state index is 12.2. The second-order valence-corrected chi connectivity index (χ2v) is 7.01. The summed E-state index contributed by atoms with van der Waals surface area (Å²) >= 11 is 0. The largest absolute Gasteiger partial charge is 0.493 e. The first-order valence-corrected chi connectivity index (χ1v) is 9.62. The number of likely N-dealkylation sites (tertiary alicyclic amines) is 1. The molecule has 1 aromatic rings. The topological polar surface area (TPSA) is 69.3 Å². The predicted molar refractivity (Wildman–Crippen MR) is 101 cm³/mol. The highest BCUT2D eigenvalue weighted by Crippen LogP contribution is 2.27. The molecule has 0 radical (unpaired) electrons. The van der Waals surface area contributed by atoms with E-state index in [1.165, 1.54) is 0 Å². The van der Waals surface area contributed by atoms with Crippen molar-refractivity contribution in [2.24, 2.45) is 5.92 Å². The van der Waals surface area contributed by atoms with Gasteiger partial charge in [0.1, 0.15) is 0 Å². The Morgan fingerprint density at radius 3 is 2.52 bits per heavy atom. The molecule has 7 nitrogen and oxygen atoms in total. The summed E-state index contributed by atoms with van der Waals surface area (Å²) < 4.78 is 21.8. The molecule has 0 aromatic heterocycles. The summed E-state index contributed by atoms with van der Waals surface area (Å²) in [4.78, 5) is 14.4. The minimum atomic E-state index is -0.0394. The first-order chi connectivity index (χ1) is 13.2. The van der Waals surface area contributed by atoms with E-state index in [1.54, 1.807) is 14.2 Å². The molecule has 1 amide bonds. The summed E-state index contributed by atoms with van der Waals surface area (Å²) in [7, 11) is 3.24. The van der Waals surface area contributed by atoms with Gasteiger partial charge in [-0.1, -0.05) is 6.07 Å². The van der Waals surface area contributed by atoms with Crippen molar-refractivity contribution >= 4 is 5.91 Å². The molecular formula is C20H30N2O5. The van der Waals surface area contributed by atoms with Gasteiger partial charge in [-0.25, -0.2) is 0 Å². The molecule has 7 heteroatoms. The summed E-state index contributed by atoms with van der Waals surface area (Å²) in [5.41, 5.74) is 1.10. The molecule has 0 aliphatic carbocycles. The van der Waals surface area contributed by atoms with Gasteiger partial charge >= 0.3 is 0 Å². The first kappa shape index (κ1) is 19.9. The van der Waals surface area contributed by atoms with Crippen LogP contribution in [0.4, 0.5) is 0 Å². The fourth-order valence-corrected chi connectivity index (χ4v) is 3.67. The molecule has 27 heavy (non-hydrogen) atoms. The summed E-state index contributed by atoms with van der Waals surface area (Å²) in [6.07, 6.45) is 2.75. The van der Waals surface area contributed by atoms with Gasteiger partial charge in [-0.05, 0) is 50.0 Å². The number of piperidine rings is 1. The SMILES string of the molecule is COc1ccc(CCNC(=O)CN2CCC(C3OCCO3)CC2)cc1OC. The Balaban J connectivity index is 1.35. The molecule has 3 rings (SSSR count). The average Bonchev–Trinajstić information content (AvgIpc) is 3.23. The van der Waals surface area contributed by atoms with Gasteiger partial charge < -0.3 is 24.3 Å². The maximum atomic E-state index is 12.2. The number of nitrogens with one attached hydrogen (secondary N) is 1. The van der Waals surface area contributed by atoms with Gasteiger partial charge in [0.05, 0.1) is 34.0 Å². The molecule has 1 aromatic carbocycles. The molecule has 0 unspecified atom stereocenters. The van der Waals surface area contributed by atoms with Crippen molar-refractivity contribution in [3.63, 3.8) is 0 Å². The van der Waals surface area contributed by atoms with Crippen molar-refractivity contribution in [2.75, 3.05) is 53.6 Å². The van der Waals surface area contributed by atoms with Gasteiger partial charge in [-0.2, -0.15) is 0 Å². The van der Waals surface area contributed by atoms with E-state index in [1.807, 2.05) is 18.2 Å². The molecule has 2 saturated heterocycles. The van der Waals surface area contributed by atoms with Gasteiger partial charge in [0.15, 0.2) is 17.8 Å². The third kappa shape index (κ3) is 5.57. The Kier molecular flexibility index (Phi) is 7.32. The lowest BCUT2D eigenvalue weighted by Crippen LogP contribution is -2.43. The Morgan fingerprint density at radius 1 is 1.15 bits per heavy atom. The van der Waals surface area contributed by atoms with E-state index in [9.17, 15) is 4.79 Å². The van der Waals surface area contributed by atoms with Crippen LogP contribution >= 0.6 is 0 Å². The van der Waals surface area contributed by atoms with E-state index in [2.05, 4.69) is 10.2 Å². The standard InChI is InChI=1S/C20H30N2O5/c1-24-17-4-3-15(13-18(17)25-2)5-8-21-19(23)14-22-9-6-16(7-10-22)20-26-11-12-27-20/h3-4,13,16,20H,5-12,14H2,1-2H3,(H,21,23). The Hall–Kier alpha value is -1.83. The van der Waals surface area contributed by atoms with Gasteiger partial charge in [0.25, 0.3) is 0 Å². The van der Waals surface area contributed by atoms with Crippen LogP contribution in [-0.2, 0) is 20.7 Å². The molecule has 0 saturated carbocycles. The molecule has 0 atom stereocenters.